The van der Waals surface area contributed by atoms with E-state index in [0.717, 1.165) is 23.1 Å². The number of nitrogens with one attached hydrogen (secondary N) is 2. The molecule has 1 aliphatic rings. The van der Waals surface area contributed by atoms with Gasteiger partial charge in [-0.15, -0.1) is 0 Å². The Morgan fingerprint density at radius 1 is 1.06 bits per heavy atom. The topological polar surface area (TPSA) is 134 Å². The highest BCUT2D eigenvalue weighted by molar-refractivity contribution is 5.86. The molecule has 1 saturated heterocycles. The van der Waals surface area contributed by atoms with Crippen LogP contribution >= 0.6 is 0 Å². The van der Waals surface area contributed by atoms with Crippen LogP contribution in [0.3, 0.4) is 0 Å². The molecule has 0 spiro atoms. The first-order valence-electron chi connectivity index (χ1n) is 11.9. The van der Waals surface area contributed by atoms with Gasteiger partial charge in [-0.2, -0.15) is 0 Å². The Hall–Kier alpha value is -3.43. The van der Waals surface area contributed by atoms with Crippen molar-refractivity contribution in [1.82, 2.24) is 10.2 Å². The van der Waals surface area contributed by atoms with Gasteiger partial charge in [0.15, 0.2) is 0 Å². The van der Waals surface area contributed by atoms with E-state index < -0.39 is 11.5 Å². The van der Waals surface area contributed by atoms with Crippen LogP contribution in [0, 0.1) is 5.41 Å². The molecule has 0 bridgehead atoms. The van der Waals surface area contributed by atoms with Crippen molar-refractivity contribution in [1.29, 1.82) is 0 Å². The summed E-state index contributed by atoms with van der Waals surface area (Å²) in [5.41, 5.74) is 7.81. The Kier molecular flexibility index (Phi) is 9.22. The molecule has 0 radical (unpaired) electrons. The third kappa shape index (κ3) is 6.80. The second-order valence-electron chi connectivity index (χ2n) is 8.73. The molecule has 2 aromatic carbocycles. The Balaban J connectivity index is 1.67. The Morgan fingerprint density at radius 3 is 2.31 bits per heavy atom. The van der Waals surface area contributed by atoms with Crippen LogP contribution in [0.1, 0.15) is 36.5 Å². The molecule has 1 heterocycles. The minimum absolute atomic E-state index is 0.0904. The quantitative estimate of drug-likeness (QED) is 0.433. The van der Waals surface area contributed by atoms with Crippen molar-refractivity contribution in [2.45, 2.75) is 39.3 Å². The number of hydrogen-bond acceptors (Lipinski definition) is 6. The van der Waals surface area contributed by atoms with Gasteiger partial charge in [0.1, 0.15) is 6.61 Å². The van der Waals surface area contributed by atoms with Gasteiger partial charge in [-0.3, -0.25) is 14.9 Å². The van der Waals surface area contributed by atoms with Gasteiger partial charge >= 0.3 is 6.09 Å². The molecule has 188 valence electrons. The van der Waals surface area contributed by atoms with Crippen molar-refractivity contribution in [2.24, 2.45) is 11.1 Å². The number of nitrogens with two attached hydrogens (primary N) is 1. The summed E-state index contributed by atoms with van der Waals surface area (Å²) in [6, 6.07) is 14.8. The molecule has 1 aliphatic heterocycles. The van der Waals surface area contributed by atoms with Gasteiger partial charge in [-0.25, -0.2) is 4.79 Å². The molecule has 0 saturated carbocycles. The number of aliphatic hydroxyl groups is 1. The van der Waals surface area contributed by atoms with E-state index in [4.69, 9.17) is 10.5 Å². The molecule has 9 heteroatoms. The number of rotatable bonds is 9. The first kappa shape index (κ1) is 26.2. The monoisotopic (exact) mass is 482 g/mol. The summed E-state index contributed by atoms with van der Waals surface area (Å²) in [5.74, 6) is -0.435. The van der Waals surface area contributed by atoms with Crippen molar-refractivity contribution in [3.05, 3.63) is 65.2 Å². The third-order valence-electron chi connectivity index (χ3n) is 6.55. The summed E-state index contributed by atoms with van der Waals surface area (Å²) in [7, 11) is 0. The van der Waals surface area contributed by atoms with Gasteiger partial charge in [0.25, 0.3) is 0 Å². The van der Waals surface area contributed by atoms with Gasteiger partial charge in [-0.05, 0) is 48.1 Å². The number of aliphatic hydroxyl groups excluding tert-OH is 1. The number of ether oxygens (including phenoxy) is 1. The molecule has 0 aliphatic carbocycles. The van der Waals surface area contributed by atoms with Crippen molar-refractivity contribution in [2.75, 3.05) is 31.6 Å². The van der Waals surface area contributed by atoms with Crippen LogP contribution in [0.4, 0.5) is 10.5 Å². The zero-order valence-corrected chi connectivity index (χ0v) is 20.1. The third-order valence-corrected chi connectivity index (χ3v) is 6.55. The molecule has 35 heavy (non-hydrogen) atoms. The fraction of sp³-hybridized carbons (Fsp3) is 0.423. The SMILES string of the molecule is CCc1ccc(NC(=O)OCC2(C(=O)NCc3ccccc3CO)CCN(C(=O)CN)CC2)cc1. The van der Waals surface area contributed by atoms with Crippen molar-refractivity contribution < 1.29 is 24.2 Å². The Morgan fingerprint density at radius 2 is 1.71 bits per heavy atom. The van der Waals surface area contributed by atoms with Crippen LogP contribution < -0.4 is 16.4 Å². The molecule has 2 aromatic rings. The highest BCUT2D eigenvalue weighted by Gasteiger charge is 2.43. The first-order chi connectivity index (χ1) is 16.9. The average Bonchev–Trinajstić information content (AvgIpc) is 2.91. The lowest BCUT2D eigenvalue weighted by atomic mass is 9.78. The van der Waals surface area contributed by atoms with Crippen molar-refractivity contribution in [3.63, 3.8) is 0 Å². The number of nitrogens with zero attached hydrogens (tertiary/aromatic N) is 1. The number of likely N-dealkylation sites (tertiary alicyclic amines) is 1. The smallest absolute Gasteiger partial charge is 0.411 e. The summed E-state index contributed by atoms with van der Waals surface area (Å²) in [6.45, 7) is 2.64. The molecule has 9 nitrogen and oxygen atoms in total. The van der Waals surface area contributed by atoms with E-state index in [1.807, 2.05) is 30.3 Å². The summed E-state index contributed by atoms with van der Waals surface area (Å²) >= 11 is 0. The van der Waals surface area contributed by atoms with E-state index in [-0.39, 0.29) is 38.1 Å². The molecule has 3 amide bonds. The zero-order chi connectivity index (χ0) is 25.3. The largest absolute Gasteiger partial charge is 0.448 e. The van der Waals surface area contributed by atoms with Crippen LogP contribution in [0.15, 0.2) is 48.5 Å². The van der Waals surface area contributed by atoms with E-state index in [9.17, 15) is 19.5 Å². The maximum atomic E-state index is 13.4. The van der Waals surface area contributed by atoms with Crippen LogP contribution in [0.2, 0.25) is 0 Å². The highest BCUT2D eigenvalue weighted by Crippen LogP contribution is 2.33. The lowest BCUT2D eigenvalue weighted by Crippen LogP contribution is -2.53. The maximum absolute atomic E-state index is 13.4. The van der Waals surface area contributed by atoms with E-state index in [2.05, 4.69) is 17.6 Å². The van der Waals surface area contributed by atoms with Gasteiger partial charge < -0.3 is 25.8 Å². The van der Waals surface area contributed by atoms with Gasteiger partial charge in [0.2, 0.25) is 11.8 Å². The molecule has 0 atom stereocenters. The van der Waals surface area contributed by atoms with Crippen molar-refractivity contribution in [3.8, 4) is 0 Å². The van der Waals surface area contributed by atoms with E-state index in [1.54, 1.807) is 23.1 Å². The molecule has 0 unspecified atom stereocenters. The normalized spacial score (nSPS) is 14.8. The second kappa shape index (κ2) is 12.3. The number of aryl methyl sites for hydroxylation is 1. The van der Waals surface area contributed by atoms with Gasteiger partial charge in [0.05, 0.1) is 18.6 Å². The molecular formula is C26H34N4O5. The summed E-state index contributed by atoms with van der Waals surface area (Å²) in [4.78, 5) is 39.5. The minimum Gasteiger partial charge on any atom is -0.448 e. The lowest BCUT2D eigenvalue weighted by molar-refractivity contribution is -0.142. The van der Waals surface area contributed by atoms with Crippen LogP contribution in [0.5, 0.6) is 0 Å². The van der Waals surface area contributed by atoms with Gasteiger partial charge in [-0.1, -0.05) is 43.3 Å². The van der Waals surface area contributed by atoms with E-state index in [0.29, 0.717) is 31.6 Å². The first-order valence-corrected chi connectivity index (χ1v) is 11.9. The standard InChI is InChI=1S/C26H34N4O5/c1-2-19-7-9-22(10-8-19)29-25(34)35-18-26(11-13-30(14-12-26)23(32)15-27)24(33)28-16-20-5-3-4-6-21(20)17-31/h3-10,31H,2,11-18,27H2,1H3,(H,28,33)(H,29,34). The van der Waals surface area contributed by atoms with Crippen LogP contribution in [-0.2, 0) is 33.9 Å². The number of hydrogen-bond donors (Lipinski definition) is 4. The van der Waals surface area contributed by atoms with E-state index in [1.165, 1.54) is 0 Å². The lowest BCUT2D eigenvalue weighted by Gasteiger charge is -2.40. The Bertz CT molecular complexity index is 1020. The van der Waals surface area contributed by atoms with Crippen LogP contribution in [0.25, 0.3) is 0 Å². The van der Waals surface area contributed by atoms with Gasteiger partial charge in [0, 0.05) is 25.3 Å². The molecule has 5 N–H and O–H groups in total. The number of benzene rings is 2. The zero-order valence-electron chi connectivity index (χ0n) is 20.1. The van der Waals surface area contributed by atoms with E-state index >= 15 is 0 Å². The molecular weight excluding hydrogens is 448 g/mol. The highest BCUT2D eigenvalue weighted by atomic mass is 16.5. The maximum Gasteiger partial charge on any atom is 0.411 e. The summed E-state index contributed by atoms with van der Waals surface area (Å²) < 4.78 is 5.51. The summed E-state index contributed by atoms with van der Waals surface area (Å²) in [5, 5.41) is 15.2. The number of anilines is 1. The number of amides is 3. The number of carbonyl (C=O) groups is 3. The van der Waals surface area contributed by atoms with Crippen molar-refractivity contribution >= 4 is 23.6 Å². The summed E-state index contributed by atoms with van der Waals surface area (Å²) in [6.07, 6.45) is 0.928. The molecule has 3 rings (SSSR count). The second-order valence-corrected chi connectivity index (χ2v) is 8.73. The minimum atomic E-state index is -0.983. The predicted molar refractivity (Wildman–Crippen MR) is 132 cm³/mol. The fourth-order valence-electron chi connectivity index (χ4n) is 4.18. The molecule has 0 aromatic heterocycles. The number of carbonyl (C=O) groups excluding carboxylic acids is 3. The number of piperidine rings is 1. The average molecular weight is 483 g/mol. The Labute approximate surface area is 205 Å². The predicted octanol–water partition coefficient (Wildman–Crippen LogP) is 2.17. The fourth-order valence-corrected chi connectivity index (χ4v) is 4.18. The molecule has 1 fully saturated rings. The van der Waals surface area contributed by atoms with Crippen LogP contribution in [-0.4, -0.2) is 54.2 Å².